The predicted molar refractivity (Wildman–Crippen MR) is 87.8 cm³/mol. The van der Waals surface area contributed by atoms with Gasteiger partial charge in [0.05, 0.1) is 25.3 Å². The zero-order valence-corrected chi connectivity index (χ0v) is 14.3. The summed E-state index contributed by atoms with van der Waals surface area (Å²) in [4.78, 5) is 6.54. The number of nitrogens with one attached hydrogen (secondary N) is 1. The van der Waals surface area contributed by atoms with E-state index in [1.54, 1.807) is 0 Å². The third-order valence-corrected chi connectivity index (χ3v) is 3.91. The van der Waals surface area contributed by atoms with Crippen LogP contribution in [0.25, 0.3) is 0 Å². The number of ether oxygens (including phenoxy) is 1. The Balaban J connectivity index is 2.01. The van der Waals surface area contributed by atoms with E-state index in [0.717, 1.165) is 30.2 Å². The molecule has 0 radical (unpaired) electrons. The Morgan fingerprint density at radius 1 is 1.29 bits per heavy atom. The number of nitrogens with zero attached hydrogens (tertiary/aromatic N) is 2. The normalized spacial score (nSPS) is 17.3. The lowest BCUT2D eigenvalue weighted by molar-refractivity contribution is -0.137. The number of rotatable bonds is 5. The molecule has 2 rings (SSSR count). The minimum absolute atomic E-state index is 0.0792. The van der Waals surface area contributed by atoms with Crippen LogP contribution in [0.4, 0.5) is 13.2 Å². The first-order valence-corrected chi connectivity index (χ1v) is 7.97. The highest BCUT2D eigenvalue weighted by atomic mass is 19.4. The van der Waals surface area contributed by atoms with Crippen LogP contribution in [0.5, 0.6) is 0 Å². The molecule has 1 aromatic carbocycles. The summed E-state index contributed by atoms with van der Waals surface area (Å²) < 4.78 is 43.1. The molecular formula is C17H24F3N3O. The van der Waals surface area contributed by atoms with Crippen molar-refractivity contribution in [3.05, 3.63) is 35.4 Å². The monoisotopic (exact) mass is 343 g/mol. The molecule has 1 aliphatic rings. The lowest BCUT2D eigenvalue weighted by atomic mass is 9.89. The zero-order chi connectivity index (χ0) is 17.8. The van der Waals surface area contributed by atoms with Crippen LogP contribution in [0.2, 0.25) is 0 Å². The summed E-state index contributed by atoms with van der Waals surface area (Å²) in [5.41, 5.74) is 0.247. The lowest BCUT2D eigenvalue weighted by Gasteiger charge is -2.37. The Morgan fingerprint density at radius 2 is 1.92 bits per heavy atom. The van der Waals surface area contributed by atoms with Gasteiger partial charge in [0.25, 0.3) is 0 Å². The van der Waals surface area contributed by atoms with Crippen LogP contribution >= 0.6 is 0 Å². The molecule has 0 spiro atoms. The molecule has 0 amide bonds. The van der Waals surface area contributed by atoms with E-state index in [0.29, 0.717) is 26.3 Å². The molecule has 4 nitrogen and oxygen atoms in total. The molecule has 0 aliphatic carbocycles. The molecule has 1 N–H and O–H groups in total. The second-order valence-corrected chi connectivity index (χ2v) is 6.52. The summed E-state index contributed by atoms with van der Waals surface area (Å²) in [7, 11) is 1.87. The maximum absolute atomic E-state index is 12.6. The van der Waals surface area contributed by atoms with Gasteiger partial charge in [-0.15, -0.1) is 0 Å². The van der Waals surface area contributed by atoms with Crippen LogP contribution in [0, 0.1) is 5.41 Å². The van der Waals surface area contributed by atoms with E-state index in [9.17, 15) is 13.2 Å². The zero-order valence-electron chi connectivity index (χ0n) is 14.3. The van der Waals surface area contributed by atoms with Gasteiger partial charge in [-0.2, -0.15) is 13.2 Å². The van der Waals surface area contributed by atoms with Crippen molar-refractivity contribution in [3.8, 4) is 0 Å². The average Bonchev–Trinajstić information content (AvgIpc) is 2.49. The first-order chi connectivity index (χ1) is 11.2. The molecule has 1 saturated heterocycles. The first-order valence-electron chi connectivity index (χ1n) is 7.97. The molecule has 0 bridgehead atoms. The molecule has 0 atom stereocenters. The fraction of sp³-hybridized carbons (Fsp3) is 0.588. The van der Waals surface area contributed by atoms with Gasteiger partial charge in [-0.3, -0.25) is 4.99 Å². The van der Waals surface area contributed by atoms with Crippen LogP contribution in [-0.2, 0) is 17.5 Å². The van der Waals surface area contributed by atoms with Gasteiger partial charge in [0.15, 0.2) is 5.96 Å². The van der Waals surface area contributed by atoms with Crippen LogP contribution in [0.1, 0.15) is 25.0 Å². The fourth-order valence-electron chi connectivity index (χ4n) is 2.43. The summed E-state index contributed by atoms with van der Waals surface area (Å²) in [6.45, 7) is 7.39. The average molecular weight is 343 g/mol. The van der Waals surface area contributed by atoms with Crippen molar-refractivity contribution in [2.24, 2.45) is 10.4 Å². The maximum Gasteiger partial charge on any atom is 0.416 e. The van der Waals surface area contributed by atoms with Gasteiger partial charge in [-0.25, -0.2) is 0 Å². The van der Waals surface area contributed by atoms with E-state index in [-0.39, 0.29) is 5.41 Å². The number of benzene rings is 1. The molecule has 24 heavy (non-hydrogen) atoms. The quantitative estimate of drug-likeness (QED) is 0.659. The Kier molecular flexibility index (Phi) is 5.74. The molecule has 1 heterocycles. The van der Waals surface area contributed by atoms with Crippen LogP contribution in [-0.4, -0.2) is 44.2 Å². The molecule has 0 aromatic heterocycles. The SMILES string of the molecule is CCNC(=NCC1(C)COC1)N(C)Cc1ccc(C(F)(F)F)cc1. The smallest absolute Gasteiger partial charge is 0.380 e. The molecule has 1 aliphatic heterocycles. The van der Waals surface area contributed by atoms with Gasteiger partial charge < -0.3 is 15.0 Å². The fourth-order valence-corrected chi connectivity index (χ4v) is 2.43. The van der Waals surface area contributed by atoms with E-state index >= 15 is 0 Å². The van der Waals surface area contributed by atoms with Crippen molar-refractivity contribution in [1.82, 2.24) is 10.2 Å². The lowest BCUT2D eigenvalue weighted by Crippen LogP contribution is -2.44. The van der Waals surface area contributed by atoms with E-state index in [2.05, 4.69) is 17.2 Å². The van der Waals surface area contributed by atoms with E-state index in [1.165, 1.54) is 12.1 Å². The topological polar surface area (TPSA) is 36.9 Å². The molecule has 1 fully saturated rings. The van der Waals surface area contributed by atoms with Gasteiger partial charge >= 0.3 is 6.18 Å². The van der Waals surface area contributed by atoms with Crippen molar-refractivity contribution < 1.29 is 17.9 Å². The molecule has 134 valence electrons. The highest BCUT2D eigenvalue weighted by Crippen LogP contribution is 2.29. The van der Waals surface area contributed by atoms with Crippen LogP contribution in [0.3, 0.4) is 0 Å². The summed E-state index contributed by atoms with van der Waals surface area (Å²) in [5, 5.41) is 3.21. The van der Waals surface area contributed by atoms with Crippen molar-refractivity contribution >= 4 is 5.96 Å². The molecule has 0 saturated carbocycles. The summed E-state index contributed by atoms with van der Waals surface area (Å²) in [6, 6.07) is 5.23. The summed E-state index contributed by atoms with van der Waals surface area (Å²) in [6.07, 6.45) is -4.30. The summed E-state index contributed by atoms with van der Waals surface area (Å²) >= 11 is 0. The number of halogens is 3. The Hall–Kier alpha value is -1.76. The van der Waals surface area contributed by atoms with E-state index < -0.39 is 11.7 Å². The van der Waals surface area contributed by atoms with Crippen molar-refractivity contribution in [2.75, 3.05) is 33.4 Å². The Morgan fingerprint density at radius 3 is 2.38 bits per heavy atom. The number of hydrogen-bond acceptors (Lipinski definition) is 2. The van der Waals surface area contributed by atoms with Gasteiger partial charge in [0, 0.05) is 25.6 Å². The highest BCUT2D eigenvalue weighted by molar-refractivity contribution is 5.79. The number of alkyl halides is 3. The second-order valence-electron chi connectivity index (χ2n) is 6.52. The first kappa shape index (κ1) is 18.6. The van der Waals surface area contributed by atoms with Gasteiger partial charge in [-0.05, 0) is 24.6 Å². The Bertz CT molecular complexity index is 565. The molecule has 0 unspecified atom stereocenters. The van der Waals surface area contributed by atoms with E-state index in [4.69, 9.17) is 4.74 Å². The Labute approximate surface area is 140 Å². The van der Waals surface area contributed by atoms with Gasteiger partial charge in [0.2, 0.25) is 0 Å². The second kappa shape index (κ2) is 7.42. The van der Waals surface area contributed by atoms with Crippen molar-refractivity contribution in [2.45, 2.75) is 26.6 Å². The van der Waals surface area contributed by atoms with Crippen molar-refractivity contribution in [3.63, 3.8) is 0 Å². The molecule has 1 aromatic rings. The van der Waals surface area contributed by atoms with Gasteiger partial charge in [0.1, 0.15) is 0 Å². The third-order valence-electron chi connectivity index (χ3n) is 3.91. The highest BCUT2D eigenvalue weighted by Gasteiger charge is 2.33. The molecular weight excluding hydrogens is 319 g/mol. The number of hydrogen-bond donors (Lipinski definition) is 1. The van der Waals surface area contributed by atoms with Crippen molar-refractivity contribution in [1.29, 1.82) is 0 Å². The van der Waals surface area contributed by atoms with Gasteiger partial charge in [-0.1, -0.05) is 19.1 Å². The minimum Gasteiger partial charge on any atom is -0.380 e. The largest absolute Gasteiger partial charge is 0.416 e. The van der Waals surface area contributed by atoms with Crippen LogP contribution in [0.15, 0.2) is 29.3 Å². The van der Waals surface area contributed by atoms with E-state index in [1.807, 2.05) is 18.9 Å². The predicted octanol–water partition coefficient (Wildman–Crippen LogP) is 3.14. The number of aliphatic imine (C=N–C) groups is 1. The minimum atomic E-state index is -4.30. The van der Waals surface area contributed by atoms with Crippen LogP contribution < -0.4 is 5.32 Å². The summed E-state index contributed by atoms with van der Waals surface area (Å²) in [5.74, 6) is 0.741. The maximum atomic E-state index is 12.6. The molecule has 7 heteroatoms. The number of guanidine groups is 1. The third kappa shape index (κ3) is 4.87. The standard InChI is InChI=1S/C17H24F3N3O/c1-4-21-15(22-10-16(2)11-24-12-16)23(3)9-13-5-7-14(8-6-13)17(18,19)20/h5-8H,4,9-12H2,1-3H3,(H,21,22).